The predicted octanol–water partition coefficient (Wildman–Crippen LogP) is 1.99. The van der Waals surface area contributed by atoms with Gasteiger partial charge >= 0.3 is 12.0 Å². The normalized spacial score (nSPS) is 22.4. The predicted molar refractivity (Wildman–Crippen MR) is 82.3 cm³/mol. The lowest BCUT2D eigenvalue weighted by atomic mass is 9.89. The fourth-order valence-corrected chi connectivity index (χ4v) is 3.06. The average molecular weight is 316 g/mol. The minimum Gasteiger partial charge on any atom is -0.481 e. The second-order valence-corrected chi connectivity index (χ2v) is 7.23. The van der Waals surface area contributed by atoms with E-state index < -0.39 is 23.3 Å². The first-order chi connectivity index (χ1) is 9.74. The molecule has 0 spiro atoms. The second kappa shape index (κ2) is 7.68. The number of carbonyl (C=O) groups is 3. The summed E-state index contributed by atoms with van der Waals surface area (Å²) >= 11 is 1.85. The third-order valence-corrected chi connectivity index (χ3v) is 4.92. The summed E-state index contributed by atoms with van der Waals surface area (Å²) < 4.78 is 0. The Labute approximate surface area is 129 Å². The lowest BCUT2D eigenvalue weighted by molar-refractivity contribution is -0.149. The second-order valence-electron chi connectivity index (χ2n) is 6.10. The van der Waals surface area contributed by atoms with E-state index in [-0.39, 0.29) is 12.5 Å². The van der Waals surface area contributed by atoms with Crippen LogP contribution in [0.3, 0.4) is 0 Å². The standard InChI is InChI=1S/C14H24N2O4S/c1-14(2,12(18)19)8-11(17)16-13(20)15-9-4-6-10(21-3)7-5-9/h9-10H,4-8H2,1-3H3,(H,18,19)(H2,15,16,17,20). The number of amides is 3. The number of carboxylic acid groups (broad SMARTS) is 1. The molecule has 0 heterocycles. The molecular formula is C14H24N2O4S. The molecule has 0 aliphatic heterocycles. The largest absolute Gasteiger partial charge is 0.481 e. The van der Waals surface area contributed by atoms with Gasteiger partial charge in [-0.2, -0.15) is 11.8 Å². The molecule has 1 aliphatic rings. The molecule has 7 heteroatoms. The Bertz CT molecular complexity index is 404. The summed E-state index contributed by atoms with van der Waals surface area (Å²) in [7, 11) is 0. The number of imide groups is 1. The Balaban J connectivity index is 2.34. The minimum absolute atomic E-state index is 0.0914. The Hall–Kier alpha value is -1.24. The molecule has 0 aromatic heterocycles. The molecule has 21 heavy (non-hydrogen) atoms. The van der Waals surface area contributed by atoms with Crippen LogP contribution >= 0.6 is 11.8 Å². The van der Waals surface area contributed by atoms with E-state index in [1.807, 2.05) is 11.8 Å². The van der Waals surface area contributed by atoms with Crippen molar-refractivity contribution in [1.29, 1.82) is 0 Å². The van der Waals surface area contributed by atoms with Crippen molar-refractivity contribution in [3.63, 3.8) is 0 Å². The Morgan fingerprint density at radius 2 is 1.76 bits per heavy atom. The molecule has 0 radical (unpaired) electrons. The van der Waals surface area contributed by atoms with Gasteiger partial charge in [0.25, 0.3) is 0 Å². The van der Waals surface area contributed by atoms with Crippen molar-refractivity contribution >= 4 is 29.7 Å². The molecule has 1 saturated carbocycles. The third kappa shape index (κ3) is 5.95. The Morgan fingerprint density at radius 3 is 2.24 bits per heavy atom. The summed E-state index contributed by atoms with van der Waals surface area (Å²) in [6.07, 6.45) is 5.81. The maximum atomic E-state index is 11.7. The van der Waals surface area contributed by atoms with Gasteiger partial charge in [0.2, 0.25) is 5.91 Å². The van der Waals surface area contributed by atoms with Crippen LogP contribution in [0, 0.1) is 5.41 Å². The van der Waals surface area contributed by atoms with Gasteiger partial charge < -0.3 is 10.4 Å². The fraction of sp³-hybridized carbons (Fsp3) is 0.786. The molecule has 3 N–H and O–H groups in total. The zero-order valence-electron chi connectivity index (χ0n) is 12.8. The van der Waals surface area contributed by atoms with Gasteiger partial charge in [0.1, 0.15) is 0 Å². The molecule has 6 nitrogen and oxygen atoms in total. The zero-order chi connectivity index (χ0) is 16.0. The lowest BCUT2D eigenvalue weighted by Crippen LogP contribution is -2.47. The van der Waals surface area contributed by atoms with Crippen LogP contribution in [0.5, 0.6) is 0 Å². The van der Waals surface area contributed by atoms with E-state index >= 15 is 0 Å². The highest BCUT2D eigenvalue weighted by molar-refractivity contribution is 7.99. The molecule has 0 atom stereocenters. The van der Waals surface area contributed by atoms with Gasteiger partial charge in [-0.3, -0.25) is 14.9 Å². The Kier molecular flexibility index (Phi) is 6.51. The number of nitrogens with one attached hydrogen (secondary N) is 2. The van der Waals surface area contributed by atoms with E-state index in [2.05, 4.69) is 16.9 Å². The topological polar surface area (TPSA) is 95.5 Å². The van der Waals surface area contributed by atoms with E-state index in [1.165, 1.54) is 13.8 Å². The van der Waals surface area contributed by atoms with Crippen LogP contribution in [0.1, 0.15) is 46.0 Å². The lowest BCUT2D eigenvalue weighted by Gasteiger charge is -2.28. The molecule has 3 amide bonds. The van der Waals surface area contributed by atoms with Crippen molar-refractivity contribution in [2.45, 2.75) is 57.2 Å². The van der Waals surface area contributed by atoms with Crippen molar-refractivity contribution in [1.82, 2.24) is 10.6 Å². The van der Waals surface area contributed by atoms with Crippen LogP contribution in [-0.4, -0.2) is 40.6 Å². The van der Waals surface area contributed by atoms with Gasteiger partial charge in [0.15, 0.2) is 0 Å². The quantitative estimate of drug-likeness (QED) is 0.721. The van der Waals surface area contributed by atoms with Crippen molar-refractivity contribution < 1.29 is 19.5 Å². The number of carbonyl (C=O) groups excluding carboxylic acids is 2. The fourth-order valence-electron chi connectivity index (χ4n) is 2.31. The number of aliphatic carboxylic acids is 1. The smallest absolute Gasteiger partial charge is 0.321 e. The van der Waals surface area contributed by atoms with Gasteiger partial charge in [-0.15, -0.1) is 0 Å². The molecule has 0 aromatic carbocycles. The molecule has 0 aromatic rings. The van der Waals surface area contributed by atoms with E-state index in [9.17, 15) is 14.4 Å². The number of hydrogen-bond donors (Lipinski definition) is 3. The summed E-state index contributed by atoms with van der Waals surface area (Å²) in [6.45, 7) is 2.91. The molecule has 120 valence electrons. The molecule has 1 fully saturated rings. The van der Waals surface area contributed by atoms with E-state index in [4.69, 9.17) is 5.11 Å². The monoisotopic (exact) mass is 316 g/mol. The van der Waals surface area contributed by atoms with Crippen LogP contribution in [0.15, 0.2) is 0 Å². The molecular weight excluding hydrogens is 292 g/mol. The highest BCUT2D eigenvalue weighted by atomic mass is 32.2. The highest BCUT2D eigenvalue weighted by Crippen LogP contribution is 2.26. The number of thioether (sulfide) groups is 1. The summed E-state index contributed by atoms with van der Waals surface area (Å²) in [5, 5.41) is 14.6. The number of rotatable bonds is 5. The van der Waals surface area contributed by atoms with Crippen LogP contribution < -0.4 is 10.6 Å². The number of urea groups is 1. The molecule has 0 bridgehead atoms. The van der Waals surface area contributed by atoms with Crippen molar-refractivity contribution in [2.24, 2.45) is 5.41 Å². The van der Waals surface area contributed by atoms with Crippen molar-refractivity contribution in [2.75, 3.05) is 6.26 Å². The number of carboxylic acids is 1. The first-order valence-corrected chi connectivity index (χ1v) is 8.40. The van der Waals surface area contributed by atoms with Gasteiger partial charge in [0.05, 0.1) is 5.41 Å². The minimum atomic E-state index is -1.18. The third-order valence-electron chi connectivity index (χ3n) is 3.78. The van der Waals surface area contributed by atoms with Gasteiger partial charge in [0, 0.05) is 17.7 Å². The highest BCUT2D eigenvalue weighted by Gasteiger charge is 2.31. The van der Waals surface area contributed by atoms with Gasteiger partial charge in [-0.1, -0.05) is 0 Å². The van der Waals surface area contributed by atoms with E-state index in [1.54, 1.807) is 0 Å². The molecule has 1 aliphatic carbocycles. The summed E-state index contributed by atoms with van der Waals surface area (Å²) in [5.74, 6) is -1.63. The maximum Gasteiger partial charge on any atom is 0.321 e. The Morgan fingerprint density at radius 1 is 1.19 bits per heavy atom. The van der Waals surface area contributed by atoms with Crippen molar-refractivity contribution in [3.8, 4) is 0 Å². The summed E-state index contributed by atoms with van der Waals surface area (Å²) in [5.41, 5.74) is -1.18. The molecule has 0 unspecified atom stereocenters. The SMILES string of the molecule is CSC1CCC(NC(=O)NC(=O)CC(C)(C)C(=O)O)CC1. The van der Waals surface area contributed by atoms with Gasteiger partial charge in [-0.25, -0.2) is 4.79 Å². The van der Waals surface area contributed by atoms with Crippen LogP contribution in [-0.2, 0) is 9.59 Å². The molecule has 0 saturated heterocycles. The van der Waals surface area contributed by atoms with E-state index in [0.717, 1.165) is 25.7 Å². The first kappa shape index (κ1) is 17.8. The average Bonchev–Trinajstić information content (AvgIpc) is 2.38. The summed E-state index contributed by atoms with van der Waals surface area (Å²) in [6, 6.07) is -0.442. The van der Waals surface area contributed by atoms with Crippen LogP contribution in [0.25, 0.3) is 0 Å². The van der Waals surface area contributed by atoms with Crippen molar-refractivity contribution in [3.05, 3.63) is 0 Å². The zero-order valence-corrected chi connectivity index (χ0v) is 13.6. The number of hydrogen-bond acceptors (Lipinski definition) is 4. The molecule has 1 rings (SSSR count). The van der Waals surface area contributed by atoms with E-state index in [0.29, 0.717) is 5.25 Å². The van der Waals surface area contributed by atoms with Gasteiger partial charge in [-0.05, 0) is 45.8 Å². The van der Waals surface area contributed by atoms with Crippen LogP contribution in [0.2, 0.25) is 0 Å². The summed E-state index contributed by atoms with van der Waals surface area (Å²) in [4.78, 5) is 34.3. The maximum absolute atomic E-state index is 11.7. The van der Waals surface area contributed by atoms with Crippen LogP contribution in [0.4, 0.5) is 4.79 Å². The first-order valence-electron chi connectivity index (χ1n) is 7.11.